The molecule has 1 aliphatic carbocycles. The van der Waals surface area contributed by atoms with E-state index in [1.807, 2.05) is 12.1 Å². The average molecular weight is 272 g/mol. The Morgan fingerprint density at radius 2 is 1.95 bits per heavy atom. The lowest BCUT2D eigenvalue weighted by molar-refractivity contribution is 0.147. The Morgan fingerprint density at radius 1 is 1.25 bits per heavy atom. The first-order valence-corrected chi connectivity index (χ1v) is 7.55. The van der Waals surface area contributed by atoms with Gasteiger partial charge in [0.05, 0.1) is 0 Å². The molecule has 0 spiro atoms. The molecule has 0 aliphatic heterocycles. The van der Waals surface area contributed by atoms with Gasteiger partial charge in [0.15, 0.2) is 5.69 Å². The van der Waals surface area contributed by atoms with Crippen molar-refractivity contribution >= 4 is 5.82 Å². The van der Waals surface area contributed by atoms with Gasteiger partial charge in [-0.05, 0) is 49.1 Å². The van der Waals surface area contributed by atoms with Crippen molar-refractivity contribution in [2.24, 2.45) is 11.3 Å². The summed E-state index contributed by atoms with van der Waals surface area (Å²) in [6, 6.07) is 6.02. The van der Waals surface area contributed by atoms with E-state index in [1.165, 1.54) is 32.1 Å². The molecule has 1 aliphatic rings. The second-order valence-corrected chi connectivity index (χ2v) is 6.45. The monoisotopic (exact) mass is 272 g/mol. The van der Waals surface area contributed by atoms with Crippen LogP contribution in [-0.4, -0.2) is 16.2 Å². The van der Waals surface area contributed by atoms with Crippen molar-refractivity contribution in [2.45, 2.75) is 58.9 Å². The summed E-state index contributed by atoms with van der Waals surface area (Å²) >= 11 is 0. The van der Waals surface area contributed by atoms with Crippen molar-refractivity contribution in [1.29, 1.82) is 5.26 Å². The molecule has 1 N–H and O–H groups in total. The van der Waals surface area contributed by atoms with E-state index in [0.29, 0.717) is 17.2 Å². The summed E-state index contributed by atoms with van der Waals surface area (Å²) in [6.45, 7) is 7.06. The minimum Gasteiger partial charge on any atom is -0.366 e. The van der Waals surface area contributed by atoms with E-state index < -0.39 is 0 Å². The van der Waals surface area contributed by atoms with Crippen molar-refractivity contribution in [2.75, 3.05) is 5.32 Å². The molecule has 0 atom stereocenters. The number of hydrogen-bond donors (Lipinski definition) is 1. The quantitative estimate of drug-likeness (QED) is 0.906. The highest BCUT2D eigenvalue weighted by Gasteiger charge is 2.31. The molecule has 2 rings (SSSR count). The number of aromatic nitrogens is 2. The van der Waals surface area contributed by atoms with Crippen LogP contribution in [0.5, 0.6) is 0 Å². The third kappa shape index (κ3) is 3.47. The maximum absolute atomic E-state index is 8.71. The minimum atomic E-state index is 0.365. The highest BCUT2D eigenvalue weighted by atomic mass is 15.2. The van der Waals surface area contributed by atoms with E-state index in [0.717, 1.165) is 11.7 Å². The molecule has 0 saturated heterocycles. The van der Waals surface area contributed by atoms with E-state index in [9.17, 15) is 0 Å². The second-order valence-electron chi connectivity index (χ2n) is 6.45. The fraction of sp³-hybridized carbons (Fsp3) is 0.688. The zero-order chi connectivity index (χ0) is 14.6. The predicted molar refractivity (Wildman–Crippen MR) is 80.2 cm³/mol. The van der Waals surface area contributed by atoms with Gasteiger partial charge in [-0.25, -0.2) is 0 Å². The van der Waals surface area contributed by atoms with Crippen molar-refractivity contribution in [3.63, 3.8) is 0 Å². The molecule has 1 saturated carbocycles. The van der Waals surface area contributed by atoms with E-state index in [2.05, 4.69) is 36.3 Å². The predicted octanol–water partition coefficient (Wildman–Crippen LogP) is 3.76. The molecule has 0 radical (unpaired) electrons. The van der Waals surface area contributed by atoms with E-state index >= 15 is 0 Å². The molecule has 0 unspecified atom stereocenters. The van der Waals surface area contributed by atoms with Crippen LogP contribution >= 0.6 is 0 Å². The first-order chi connectivity index (χ1) is 9.55. The molecule has 108 valence electrons. The van der Waals surface area contributed by atoms with Crippen LogP contribution in [0.25, 0.3) is 0 Å². The number of nitrogens with zero attached hydrogens (tertiary/aromatic N) is 3. The van der Waals surface area contributed by atoms with Crippen LogP contribution in [0, 0.1) is 22.7 Å². The standard InChI is InChI=1S/C16H24N4/c1-4-16(2,3)12-5-7-13(8-6-12)18-15-10-9-14(11-17)19-20-15/h9-10,12-13H,4-8H2,1-3H3,(H,18,20). The average Bonchev–Trinajstić information content (AvgIpc) is 2.48. The molecule has 1 heterocycles. The van der Waals surface area contributed by atoms with Crippen molar-refractivity contribution in [1.82, 2.24) is 10.2 Å². The molecule has 1 fully saturated rings. The van der Waals surface area contributed by atoms with Gasteiger partial charge in [-0.2, -0.15) is 5.26 Å². The number of nitriles is 1. The zero-order valence-electron chi connectivity index (χ0n) is 12.7. The van der Waals surface area contributed by atoms with Gasteiger partial charge in [0, 0.05) is 6.04 Å². The Labute approximate surface area is 121 Å². The van der Waals surface area contributed by atoms with Gasteiger partial charge in [-0.3, -0.25) is 0 Å². The van der Waals surface area contributed by atoms with E-state index in [1.54, 1.807) is 6.07 Å². The lowest BCUT2D eigenvalue weighted by atomic mass is 9.69. The molecular weight excluding hydrogens is 248 g/mol. The van der Waals surface area contributed by atoms with Crippen LogP contribution in [-0.2, 0) is 0 Å². The van der Waals surface area contributed by atoms with Gasteiger partial charge >= 0.3 is 0 Å². The number of nitrogens with one attached hydrogen (secondary N) is 1. The smallest absolute Gasteiger partial charge is 0.163 e. The normalized spacial score (nSPS) is 23.1. The fourth-order valence-corrected chi connectivity index (χ4v) is 2.99. The second kappa shape index (κ2) is 6.21. The number of rotatable bonds is 4. The van der Waals surface area contributed by atoms with Gasteiger partial charge in [0.1, 0.15) is 11.9 Å². The maximum Gasteiger partial charge on any atom is 0.163 e. The summed E-state index contributed by atoms with van der Waals surface area (Å²) in [5, 5.41) is 20.0. The summed E-state index contributed by atoms with van der Waals surface area (Å²) in [4.78, 5) is 0. The molecule has 1 aromatic heterocycles. The Morgan fingerprint density at radius 3 is 2.45 bits per heavy atom. The summed E-state index contributed by atoms with van der Waals surface area (Å²) in [7, 11) is 0. The third-order valence-corrected chi connectivity index (χ3v) is 4.87. The molecule has 0 amide bonds. The lowest BCUT2D eigenvalue weighted by Crippen LogP contribution is -2.33. The zero-order valence-corrected chi connectivity index (χ0v) is 12.7. The van der Waals surface area contributed by atoms with E-state index in [-0.39, 0.29) is 0 Å². The Bertz CT molecular complexity index is 464. The highest BCUT2D eigenvalue weighted by Crippen LogP contribution is 2.40. The van der Waals surface area contributed by atoms with Crippen molar-refractivity contribution < 1.29 is 0 Å². The van der Waals surface area contributed by atoms with Gasteiger partial charge in [0.25, 0.3) is 0 Å². The Balaban J connectivity index is 1.86. The lowest BCUT2D eigenvalue weighted by Gasteiger charge is -2.39. The van der Waals surface area contributed by atoms with Gasteiger partial charge in [-0.1, -0.05) is 27.2 Å². The van der Waals surface area contributed by atoms with Crippen LogP contribution in [0.2, 0.25) is 0 Å². The molecule has 0 aromatic carbocycles. The topological polar surface area (TPSA) is 61.6 Å². The third-order valence-electron chi connectivity index (χ3n) is 4.87. The molecule has 4 heteroatoms. The van der Waals surface area contributed by atoms with Crippen molar-refractivity contribution in [3.05, 3.63) is 17.8 Å². The summed E-state index contributed by atoms with van der Waals surface area (Å²) in [5.41, 5.74) is 0.822. The minimum absolute atomic E-state index is 0.365. The molecule has 0 bridgehead atoms. The first kappa shape index (κ1) is 14.8. The Kier molecular flexibility index (Phi) is 4.59. The molecule has 20 heavy (non-hydrogen) atoms. The maximum atomic E-state index is 8.71. The number of anilines is 1. The van der Waals surface area contributed by atoms with Gasteiger partial charge < -0.3 is 5.32 Å². The summed E-state index contributed by atoms with van der Waals surface area (Å²) in [5.74, 6) is 1.61. The van der Waals surface area contributed by atoms with Gasteiger partial charge in [0.2, 0.25) is 0 Å². The highest BCUT2D eigenvalue weighted by molar-refractivity contribution is 5.36. The van der Waals surface area contributed by atoms with Crippen LogP contribution in [0.4, 0.5) is 5.82 Å². The molecule has 4 nitrogen and oxygen atoms in total. The Hall–Kier alpha value is -1.63. The fourth-order valence-electron chi connectivity index (χ4n) is 2.99. The SMILES string of the molecule is CCC(C)(C)C1CCC(Nc2ccc(C#N)nn2)CC1. The van der Waals surface area contributed by atoms with Gasteiger partial charge in [-0.15, -0.1) is 10.2 Å². The molecule has 1 aromatic rings. The summed E-state index contributed by atoms with van der Waals surface area (Å²) < 4.78 is 0. The van der Waals surface area contributed by atoms with Crippen LogP contribution < -0.4 is 5.32 Å². The van der Waals surface area contributed by atoms with Crippen LogP contribution in [0.3, 0.4) is 0 Å². The molecular formula is C16H24N4. The summed E-state index contributed by atoms with van der Waals surface area (Å²) in [6.07, 6.45) is 6.19. The number of hydrogen-bond acceptors (Lipinski definition) is 4. The first-order valence-electron chi connectivity index (χ1n) is 7.55. The largest absolute Gasteiger partial charge is 0.366 e. The van der Waals surface area contributed by atoms with Crippen LogP contribution in [0.1, 0.15) is 58.6 Å². The van der Waals surface area contributed by atoms with Crippen LogP contribution in [0.15, 0.2) is 12.1 Å². The van der Waals surface area contributed by atoms with E-state index in [4.69, 9.17) is 5.26 Å². The van der Waals surface area contributed by atoms with Crippen molar-refractivity contribution in [3.8, 4) is 6.07 Å².